The zero-order valence-electron chi connectivity index (χ0n) is 18.8. The maximum absolute atomic E-state index is 13.1. The van der Waals surface area contributed by atoms with Gasteiger partial charge in [0.05, 0.1) is 11.2 Å². The number of carbonyl (C=O) groups excluding carboxylic acids is 2. The van der Waals surface area contributed by atoms with E-state index in [0.29, 0.717) is 0 Å². The molecule has 35 heavy (non-hydrogen) atoms. The second-order valence-corrected chi connectivity index (χ2v) is 9.69. The number of hydrogen-bond acceptors (Lipinski definition) is 11. The summed E-state index contributed by atoms with van der Waals surface area (Å²) in [5.41, 5.74) is 1.36. The van der Waals surface area contributed by atoms with Gasteiger partial charge in [0.1, 0.15) is 30.7 Å². The molecule has 3 aromatic rings. The van der Waals surface area contributed by atoms with Gasteiger partial charge in [-0.3, -0.25) is 18.3 Å². The molecule has 3 heterocycles. The number of imidazole rings is 1. The fraction of sp³-hybridized carbons (Fsp3) is 0.381. The van der Waals surface area contributed by atoms with Gasteiger partial charge in [-0.2, -0.15) is 8.42 Å². The van der Waals surface area contributed by atoms with Crippen molar-refractivity contribution in [2.75, 3.05) is 6.61 Å². The summed E-state index contributed by atoms with van der Waals surface area (Å²) in [4.78, 5) is 35.5. The van der Waals surface area contributed by atoms with Crippen LogP contribution in [0.1, 0.15) is 25.6 Å². The van der Waals surface area contributed by atoms with Gasteiger partial charge >= 0.3 is 11.9 Å². The molecule has 0 amide bonds. The van der Waals surface area contributed by atoms with Crippen LogP contribution in [0.5, 0.6) is 0 Å². The van der Waals surface area contributed by atoms with Gasteiger partial charge in [-0.15, -0.1) is 0 Å². The van der Waals surface area contributed by atoms with Gasteiger partial charge in [0, 0.05) is 13.8 Å². The molecule has 14 heteroatoms. The van der Waals surface area contributed by atoms with Crippen molar-refractivity contribution in [3.8, 4) is 0 Å². The standard InChI is InChI=1S/C21H21ClN4O8S/c1-11-4-6-14(7-5-11)35(29,30)34-17-15(8-31-12(2)27)33-21(18(17)32-13(3)28)26-10-25-16-19(22)23-9-24-20(16)26/h4-7,9-10,15,17-18,21H,8H2,1-3H3/t15-,17+,18-,21-/m1/s1. The molecule has 1 fully saturated rings. The summed E-state index contributed by atoms with van der Waals surface area (Å²) in [5.74, 6) is -1.33. The van der Waals surface area contributed by atoms with E-state index in [4.69, 9.17) is 30.0 Å². The zero-order chi connectivity index (χ0) is 25.3. The van der Waals surface area contributed by atoms with Gasteiger partial charge in [0.15, 0.2) is 23.1 Å². The Bertz CT molecular complexity index is 1360. The van der Waals surface area contributed by atoms with Crippen molar-refractivity contribution in [1.29, 1.82) is 0 Å². The molecular weight excluding hydrogens is 504 g/mol. The Labute approximate surface area is 205 Å². The number of esters is 2. The van der Waals surface area contributed by atoms with Crippen molar-refractivity contribution in [3.05, 3.63) is 47.6 Å². The summed E-state index contributed by atoms with van der Waals surface area (Å²) < 4.78 is 49.6. The van der Waals surface area contributed by atoms with Crippen LogP contribution in [0.4, 0.5) is 0 Å². The Morgan fingerprint density at radius 2 is 1.80 bits per heavy atom. The molecule has 0 N–H and O–H groups in total. The summed E-state index contributed by atoms with van der Waals surface area (Å²) in [7, 11) is -4.33. The molecule has 0 spiro atoms. The van der Waals surface area contributed by atoms with E-state index in [1.807, 2.05) is 6.92 Å². The Balaban J connectivity index is 1.75. The highest BCUT2D eigenvalue weighted by Crippen LogP contribution is 2.37. The van der Waals surface area contributed by atoms with Gasteiger partial charge in [-0.1, -0.05) is 29.3 Å². The second-order valence-electron chi connectivity index (χ2n) is 7.76. The number of ether oxygens (including phenoxy) is 3. The van der Waals surface area contributed by atoms with Crippen LogP contribution >= 0.6 is 11.6 Å². The Kier molecular flexibility index (Phi) is 7.03. The van der Waals surface area contributed by atoms with E-state index in [0.717, 1.165) is 12.5 Å². The minimum absolute atomic E-state index is 0.0852. The molecule has 186 valence electrons. The number of hydrogen-bond donors (Lipinski definition) is 0. The van der Waals surface area contributed by atoms with Crippen molar-refractivity contribution < 1.29 is 36.4 Å². The number of halogens is 1. The van der Waals surface area contributed by atoms with Gasteiger partial charge in [-0.25, -0.2) is 15.0 Å². The number of rotatable bonds is 7. The highest BCUT2D eigenvalue weighted by molar-refractivity contribution is 7.86. The predicted octanol–water partition coefficient (Wildman–Crippen LogP) is 1.95. The van der Waals surface area contributed by atoms with Gasteiger partial charge < -0.3 is 14.2 Å². The lowest BCUT2D eigenvalue weighted by Crippen LogP contribution is -2.41. The molecule has 1 aromatic carbocycles. The summed E-state index contributed by atoms with van der Waals surface area (Å²) in [6.45, 7) is 3.80. The molecule has 12 nitrogen and oxygen atoms in total. The fourth-order valence-corrected chi connectivity index (χ4v) is 4.90. The molecule has 0 unspecified atom stereocenters. The summed E-state index contributed by atoms with van der Waals surface area (Å²) >= 11 is 6.09. The first-order valence-electron chi connectivity index (χ1n) is 10.4. The average molecular weight is 525 g/mol. The van der Waals surface area contributed by atoms with Crippen LogP contribution < -0.4 is 0 Å². The molecule has 4 rings (SSSR count). The Morgan fingerprint density at radius 3 is 2.46 bits per heavy atom. The third-order valence-corrected chi connectivity index (χ3v) is 6.78. The molecule has 0 saturated carbocycles. The number of nitrogens with zero attached hydrogens (tertiary/aromatic N) is 4. The molecule has 0 aliphatic carbocycles. The first-order valence-corrected chi connectivity index (χ1v) is 12.1. The van der Waals surface area contributed by atoms with Crippen molar-refractivity contribution in [1.82, 2.24) is 19.5 Å². The predicted molar refractivity (Wildman–Crippen MR) is 120 cm³/mol. The van der Waals surface area contributed by atoms with Crippen LogP contribution in [0.25, 0.3) is 11.2 Å². The lowest BCUT2D eigenvalue weighted by Gasteiger charge is -2.24. The average Bonchev–Trinajstić information content (AvgIpc) is 3.35. The smallest absolute Gasteiger partial charge is 0.303 e. The number of fused-ring (bicyclic) bond motifs is 1. The van der Waals surface area contributed by atoms with E-state index in [-0.39, 0.29) is 27.8 Å². The first-order chi connectivity index (χ1) is 16.6. The molecule has 1 aliphatic heterocycles. The molecule has 4 atom stereocenters. The van der Waals surface area contributed by atoms with E-state index in [1.165, 1.54) is 36.3 Å². The second kappa shape index (κ2) is 9.85. The molecular formula is C21H21ClN4O8S. The van der Waals surface area contributed by atoms with E-state index in [9.17, 15) is 18.0 Å². The van der Waals surface area contributed by atoms with Crippen LogP contribution in [0.3, 0.4) is 0 Å². The topological polar surface area (TPSA) is 149 Å². The number of aromatic nitrogens is 4. The van der Waals surface area contributed by atoms with Crippen molar-refractivity contribution in [3.63, 3.8) is 0 Å². The number of carbonyl (C=O) groups is 2. The van der Waals surface area contributed by atoms with Crippen molar-refractivity contribution in [2.45, 2.75) is 50.2 Å². The number of aryl methyl sites for hydroxylation is 1. The van der Waals surface area contributed by atoms with E-state index >= 15 is 0 Å². The minimum Gasteiger partial charge on any atom is -0.463 e. The lowest BCUT2D eigenvalue weighted by molar-refractivity contribution is -0.155. The molecule has 0 radical (unpaired) electrons. The van der Waals surface area contributed by atoms with E-state index in [1.54, 1.807) is 12.1 Å². The zero-order valence-corrected chi connectivity index (χ0v) is 20.4. The third-order valence-electron chi connectivity index (χ3n) is 5.17. The molecule has 1 saturated heterocycles. The molecule has 0 bridgehead atoms. The summed E-state index contributed by atoms with van der Waals surface area (Å²) in [5, 5.41) is 0.0852. The fourth-order valence-electron chi connectivity index (χ4n) is 3.62. The normalized spacial score (nSPS) is 22.3. The van der Waals surface area contributed by atoms with Crippen LogP contribution in [-0.2, 0) is 38.1 Å². The summed E-state index contributed by atoms with van der Waals surface area (Å²) in [6.07, 6.45) is -2.35. The van der Waals surface area contributed by atoms with Crippen molar-refractivity contribution >= 4 is 44.8 Å². The van der Waals surface area contributed by atoms with Crippen molar-refractivity contribution in [2.24, 2.45) is 0 Å². The molecule has 1 aliphatic rings. The maximum Gasteiger partial charge on any atom is 0.303 e. The highest BCUT2D eigenvalue weighted by atomic mass is 35.5. The molecule has 2 aromatic heterocycles. The quantitative estimate of drug-likeness (QED) is 0.253. The van der Waals surface area contributed by atoms with Gasteiger partial charge in [0.25, 0.3) is 10.1 Å². The minimum atomic E-state index is -4.33. The van der Waals surface area contributed by atoms with Gasteiger partial charge in [-0.05, 0) is 19.1 Å². The first kappa shape index (κ1) is 25.0. The van der Waals surface area contributed by atoms with Crippen LogP contribution in [0.15, 0.2) is 41.8 Å². The number of benzene rings is 1. The van der Waals surface area contributed by atoms with Crippen LogP contribution in [0, 0.1) is 6.92 Å². The SMILES string of the molecule is CC(=O)OC[C@H]1O[C@@H](n2cnc3c(Cl)ncnc32)[C@H](OC(C)=O)[C@H]1OS(=O)(=O)c1ccc(C)cc1. The van der Waals surface area contributed by atoms with Gasteiger partial charge in [0.2, 0.25) is 0 Å². The monoisotopic (exact) mass is 524 g/mol. The third kappa shape index (κ3) is 5.27. The van der Waals surface area contributed by atoms with Crippen LogP contribution in [0.2, 0.25) is 5.15 Å². The maximum atomic E-state index is 13.1. The Morgan fingerprint density at radius 1 is 1.09 bits per heavy atom. The van der Waals surface area contributed by atoms with E-state index < -0.39 is 46.6 Å². The lowest BCUT2D eigenvalue weighted by atomic mass is 10.1. The Hall–Kier alpha value is -3.13. The largest absolute Gasteiger partial charge is 0.463 e. The highest BCUT2D eigenvalue weighted by Gasteiger charge is 2.51. The summed E-state index contributed by atoms with van der Waals surface area (Å²) in [6, 6.07) is 6.01. The van der Waals surface area contributed by atoms with E-state index in [2.05, 4.69) is 15.0 Å². The van der Waals surface area contributed by atoms with Crippen LogP contribution in [-0.4, -0.2) is 64.8 Å².